The predicted molar refractivity (Wildman–Crippen MR) is 90.6 cm³/mol. The van der Waals surface area contributed by atoms with Crippen molar-refractivity contribution >= 4 is 29.8 Å². The average Bonchev–Trinajstić information content (AvgIpc) is 2.59. The van der Waals surface area contributed by atoms with Crippen LogP contribution in [0.4, 0.5) is 27.2 Å². The lowest BCUT2D eigenvalue weighted by molar-refractivity contribution is -0.577. The Morgan fingerprint density at radius 1 is 1.16 bits per heavy atom. The van der Waals surface area contributed by atoms with Gasteiger partial charge in [-0.2, -0.15) is 5.32 Å². The van der Waals surface area contributed by atoms with Crippen LogP contribution in [0.5, 0.6) is 0 Å². The maximum atomic E-state index is 12.4. The van der Waals surface area contributed by atoms with Crippen molar-refractivity contribution in [3.63, 3.8) is 0 Å². The van der Waals surface area contributed by atoms with Crippen LogP contribution in [0.2, 0.25) is 0 Å². The van der Waals surface area contributed by atoms with Crippen LogP contribution < -0.4 is 20.3 Å². The first-order valence-corrected chi connectivity index (χ1v) is 8.32. The third-order valence-electron chi connectivity index (χ3n) is 3.57. The van der Waals surface area contributed by atoms with E-state index in [0.29, 0.717) is 10.5 Å². The van der Waals surface area contributed by atoms with Crippen LogP contribution in [0.1, 0.15) is 33.1 Å². The number of amides is 2. The van der Waals surface area contributed by atoms with Crippen molar-refractivity contribution in [1.82, 2.24) is 4.98 Å². The number of hydrogen-bond acceptors (Lipinski definition) is 7. The van der Waals surface area contributed by atoms with E-state index in [0.717, 1.165) is 32.4 Å². The highest BCUT2D eigenvalue weighted by Gasteiger charge is 2.23. The van der Waals surface area contributed by atoms with Crippen LogP contribution in [0.15, 0.2) is 6.07 Å². The number of nitrogens with zero attached hydrogens (tertiary/aromatic N) is 3. The summed E-state index contributed by atoms with van der Waals surface area (Å²) in [7, 11) is 0. The van der Waals surface area contributed by atoms with Gasteiger partial charge in [-0.3, -0.25) is 0 Å². The van der Waals surface area contributed by atoms with Gasteiger partial charge in [-0.1, -0.05) is 4.98 Å². The number of aromatic nitrogens is 2. The van der Waals surface area contributed by atoms with Crippen molar-refractivity contribution in [3.05, 3.63) is 11.3 Å². The maximum Gasteiger partial charge on any atom is 0.460 e. The van der Waals surface area contributed by atoms with Gasteiger partial charge in [-0.15, -0.1) is 0 Å². The van der Waals surface area contributed by atoms with Crippen molar-refractivity contribution in [2.45, 2.75) is 33.1 Å². The number of rotatable bonds is 5. The molecule has 0 aromatic carbocycles. The summed E-state index contributed by atoms with van der Waals surface area (Å²) in [5, 5.41) is 17.0. The molecule has 1 aliphatic heterocycles. The summed E-state index contributed by atoms with van der Waals surface area (Å²) in [6.45, 7) is 5.20. The highest BCUT2D eigenvalue weighted by atomic mass is 16.6. The monoisotopic (exact) mass is 353 g/mol. The first kappa shape index (κ1) is 18.6. The lowest BCUT2D eigenvalue weighted by atomic mass is 10.1. The van der Waals surface area contributed by atoms with E-state index in [-0.39, 0.29) is 25.0 Å². The smallest absolute Gasteiger partial charge is 0.460 e. The van der Waals surface area contributed by atoms with Crippen LogP contribution in [0.3, 0.4) is 0 Å². The number of ether oxygens (including phenoxy) is 2. The molecule has 2 rings (SSSR count). The van der Waals surface area contributed by atoms with E-state index in [1.807, 2.05) is 4.90 Å². The van der Waals surface area contributed by atoms with Gasteiger partial charge in [0.1, 0.15) is 0 Å². The molecule has 0 aliphatic carbocycles. The predicted octanol–water partition coefficient (Wildman–Crippen LogP) is 1.84. The highest BCUT2D eigenvalue weighted by Crippen LogP contribution is 2.21. The van der Waals surface area contributed by atoms with E-state index >= 15 is 0 Å². The number of carbonyl (C=O) groups excluding carboxylic acids is 2. The van der Waals surface area contributed by atoms with E-state index in [1.54, 1.807) is 13.8 Å². The normalized spacial score (nSPS) is 13.9. The fourth-order valence-corrected chi connectivity index (χ4v) is 2.46. The van der Waals surface area contributed by atoms with Gasteiger partial charge in [-0.25, -0.2) is 19.6 Å². The Balaban J connectivity index is 2.31. The van der Waals surface area contributed by atoms with Crippen LogP contribution >= 0.6 is 0 Å². The Kier molecular flexibility index (Phi) is 6.61. The van der Waals surface area contributed by atoms with Crippen molar-refractivity contribution in [2.75, 3.05) is 41.8 Å². The number of nitrogens with one attached hydrogen (secondary N) is 2. The molecule has 1 aromatic rings. The lowest BCUT2D eigenvalue weighted by Gasteiger charge is -2.27. The second kappa shape index (κ2) is 8.90. The molecule has 1 aliphatic rings. The van der Waals surface area contributed by atoms with Crippen molar-refractivity contribution in [2.24, 2.45) is 0 Å². The molecule has 10 heteroatoms. The number of anilines is 3. The van der Waals surface area contributed by atoms with Gasteiger partial charge >= 0.3 is 18.1 Å². The Morgan fingerprint density at radius 3 is 2.36 bits per heavy atom. The van der Waals surface area contributed by atoms with E-state index in [1.165, 1.54) is 6.07 Å². The summed E-state index contributed by atoms with van der Waals surface area (Å²) >= 11 is 0. The molecule has 0 saturated carbocycles. The molecule has 0 atom stereocenters. The van der Waals surface area contributed by atoms with Gasteiger partial charge in [0, 0.05) is 13.1 Å². The van der Waals surface area contributed by atoms with Crippen molar-refractivity contribution in [3.8, 4) is 0 Å². The molecule has 1 fully saturated rings. The summed E-state index contributed by atoms with van der Waals surface area (Å²) in [4.78, 5) is 29.5. The molecule has 0 spiro atoms. The average molecular weight is 353 g/mol. The summed E-state index contributed by atoms with van der Waals surface area (Å²) in [5.41, 5.74) is 0. The van der Waals surface area contributed by atoms with E-state index in [4.69, 9.17) is 9.47 Å². The zero-order chi connectivity index (χ0) is 18.2. The number of carbonyl (C=O) groups is 2. The summed E-state index contributed by atoms with van der Waals surface area (Å²) < 4.78 is 9.90. The molecule has 0 unspecified atom stereocenters. The third kappa shape index (κ3) is 5.10. The molecule has 1 saturated heterocycles. The molecule has 10 nitrogen and oxygen atoms in total. The highest BCUT2D eigenvalue weighted by molar-refractivity contribution is 5.84. The Morgan fingerprint density at radius 2 is 1.76 bits per heavy atom. The Bertz CT molecular complexity index is 577. The van der Waals surface area contributed by atoms with Crippen molar-refractivity contribution in [1.29, 1.82) is 0 Å². The largest absolute Gasteiger partial charge is 0.754 e. The molecule has 2 heterocycles. The molecule has 1 aromatic heterocycles. The first-order valence-electron chi connectivity index (χ1n) is 8.32. The lowest BCUT2D eigenvalue weighted by Crippen LogP contribution is -2.40. The van der Waals surface area contributed by atoms with Crippen LogP contribution in [-0.2, 0) is 9.47 Å². The van der Waals surface area contributed by atoms with E-state index < -0.39 is 12.2 Å². The molecule has 2 amide bonds. The van der Waals surface area contributed by atoms with Crippen LogP contribution in [0, 0.1) is 5.21 Å². The van der Waals surface area contributed by atoms with E-state index in [2.05, 4.69) is 15.6 Å². The topological polar surface area (TPSA) is 120 Å². The zero-order valence-corrected chi connectivity index (χ0v) is 14.4. The van der Waals surface area contributed by atoms with Gasteiger partial charge in [-0.05, 0) is 33.1 Å². The minimum Gasteiger partial charge on any atom is -0.754 e. The van der Waals surface area contributed by atoms with Crippen molar-refractivity contribution < 1.29 is 23.8 Å². The van der Waals surface area contributed by atoms with Crippen LogP contribution in [-0.4, -0.2) is 43.5 Å². The minimum atomic E-state index is -0.794. The Hall–Kier alpha value is -2.78. The maximum absolute atomic E-state index is 12.4. The first-order chi connectivity index (χ1) is 12.0. The summed E-state index contributed by atoms with van der Waals surface area (Å²) in [6, 6.07) is 1.46. The van der Waals surface area contributed by atoms with Gasteiger partial charge in [0.25, 0.3) is 0 Å². The fraction of sp³-hybridized carbons (Fsp3) is 0.600. The fourth-order valence-electron chi connectivity index (χ4n) is 2.46. The molecule has 2 N–H and O–H groups in total. The molecular formula is C15H23N5O5. The number of piperidine rings is 1. The summed E-state index contributed by atoms with van der Waals surface area (Å²) in [5.74, 6) is 0.138. The minimum absolute atomic E-state index is 0.0826. The van der Waals surface area contributed by atoms with E-state index in [9.17, 15) is 14.8 Å². The van der Waals surface area contributed by atoms with Gasteiger partial charge in [0.2, 0.25) is 5.82 Å². The number of hydrogen-bond donors (Lipinski definition) is 2. The third-order valence-corrected chi connectivity index (χ3v) is 3.57. The Labute approximate surface area is 145 Å². The second-order valence-electron chi connectivity index (χ2n) is 5.36. The zero-order valence-electron chi connectivity index (χ0n) is 14.4. The van der Waals surface area contributed by atoms with Gasteiger partial charge < -0.3 is 19.6 Å². The molecule has 0 bridgehead atoms. The summed E-state index contributed by atoms with van der Waals surface area (Å²) in [6.07, 6.45) is 1.60. The standard InChI is InChI=1S/C15H23N5O5/c1-3-24-14(21)17-12-10-11(19-8-6-5-7-9-19)16-13(20(12)23)18-15(22)25-4-2/h10H,3-9H2,1-2H3,(H,17,21)(H,16,18,22). The SMILES string of the molecule is CCOC(=O)Nc1cc(N2CCCCC2)nc(NC(=O)OCC)[n+]1[O-]. The van der Waals surface area contributed by atoms with Gasteiger partial charge in [0.15, 0.2) is 5.82 Å². The van der Waals surface area contributed by atoms with Gasteiger partial charge in [0.05, 0.1) is 19.3 Å². The molecular weight excluding hydrogens is 330 g/mol. The molecule has 25 heavy (non-hydrogen) atoms. The quantitative estimate of drug-likeness (QED) is 0.612. The van der Waals surface area contributed by atoms with Crippen LogP contribution in [0.25, 0.3) is 0 Å². The molecule has 0 radical (unpaired) electrons. The second-order valence-corrected chi connectivity index (χ2v) is 5.36. The molecule has 138 valence electrons.